The molecule has 0 atom stereocenters. The van der Waals surface area contributed by atoms with E-state index in [1.54, 1.807) is 16.8 Å². The van der Waals surface area contributed by atoms with Crippen molar-refractivity contribution in [1.29, 1.82) is 0 Å². The van der Waals surface area contributed by atoms with Gasteiger partial charge in [-0.3, -0.25) is 0 Å². The Morgan fingerprint density at radius 2 is 2.24 bits per heavy atom. The monoisotopic (exact) mass is 298 g/mol. The highest BCUT2D eigenvalue weighted by atomic mass is 79.9. The van der Waals surface area contributed by atoms with Gasteiger partial charge in [-0.1, -0.05) is 6.07 Å². The molecule has 0 bridgehead atoms. The van der Waals surface area contributed by atoms with Crippen molar-refractivity contribution < 1.29 is 9.50 Å². The summed E-state index contributed by atoms with van der Waals surface area (Å²) in [5.74, 6) is -0.300. The van der Waals surface area contributed by atoms with Crippen molar-refractivity contribution in [2.45, 2.75) is 13.3 Å². The van der Waals surface area contributed by atoms with Crippen LogP contribution in [0, 0.1) is 12.7 Å². The zero-order valence-electron chi connectivity index (χ0n) is 9.32. The fourth-order valence-electron chi connectivity index (χ4n) is 1.71. The summed E-state index contributed by atoms with van der Waals surface area (Å²) in [6.07, 6.45) is 0.529. The van der Waals surface area contributed by atoms with E-state index in [1.165, 1.54) is 12.1 Å². The molecule has 0 unspecified atom stereocenters. The molecule has 0 saturated carbocycles. The van der Waals surface area contributed by atoms with Crippen molar-refractivity contribution in [1.82, 2.24) is 9.78 Å². The summed E-state index contributed by atoms with van der Waals surface area (Å²) in [5, 5.41) is 13.3. The molecule has 0 saturated heterocycles. The summed E-state index contributed by atoms with van der Waals surface area (Å²) in [4.78, 5) is 0. The van der Waals surface area contributed by atoms with Gasteiger partial charge in [-0.15, -0.1) is 0 Å². The molecular weight excluding hydrogens is 287 g/mol. The Bertz CT molecular complexity index is 539. The molecule has 1 aromatic heterocycles. The van der Waals surface area contributed by atoms with Gasteiger partial charge in [-0.25, -0.2) is 9.07 Å². The molecule has 1 N–H and O–H groups in total. The van der Waals surface area contributed by atoms with Crippen LogP contribution in [0.4, 0.5) is 4.39 Å². The molecular formula is C12H12BrFN2O. The lowest BCUT2D eigenvalue weighted by atomic mass is 10.2. The van der Waals surface area contributed by atoms with E-state index in [9.17, 15) is 4.39 Å². The van der Waals surface area contributed by atoms with Crippen molar-refractivity contribution >= 4 is 15.9 Å². The SMILES string of the molecule is Cc1nn(-c2cccc(F)c2)c(Br)c1CCO. The van der Waals surface area contributed by atoms with Gasteiger partial charge in [0.1, 0.15) is 10.4 Å². The Morgan fingerprint density at radius 3 is 2.88 bits per heavy atom. The van der Waals surface area contributed by atoms with Gasteiger partial charge < -0.3 is 5.11 Å². The van der Waals surface area contributed by atoms with E-state index in [0.29, 0.717) is 12.1 Å². The number of rotatable bonds is 3. The third kappa shape index (κ3) is 2.40. The van der Waals surface area contributed by atoms with Crippen LogP contribution >= 0.6 is 15.9 Å². The number of halogens is 2. The molecule has 5 heteroatoms. The first-order valence-corrected chi connectivity index (χ1v) is 6.03. The molecule has 2 rings (SSSR count). The summed E-state index contributed by atoms with van der Waals surface area (Å²) >= 11 is 3.43. The van der Waals surface area contributed by atoms with Gasteiger partial charge in [0.05, 0.1) is 11.4 Å². The van der Waals surface area contributed by atoms with Crippen molar-refractivity contribution in [3.8, 4) is 5.69 Å². The minimum atomic E-state index is -0.300. The quantitative estimate of drug-likeness (QED) is 0.946. The smallest absolute Gasteiger partial charge is 0.125 e. The zero-order valence-corrected chi connectivity index (χ0v) is 10.9. The predicted octanol–water partition coefficient (Wildman–Crippen LogP) is 2.62. The molecule has 0 aliphatic rings. The van der Waals surface area contributed by atoms with E-state index in [0.717, 1.165) is 15.9 Å². The van der Waals surface area contributed by atoms with Gasteiger partial charge in [0.2, 0.25) is 0 Å². The second-order valence-electron chi connectivity index (χ2n) is 3.72. The molecule has 3 nitrogen and oxygen atoms in total. The maximum absolute atomic E-state index is 13.1. The first kappa shape index (κ1) is 12.3. The highest BCUT2D eigenvalue weighted by molar-refractivity contribution is 9.10. The van der Waals surface area contributed by atoms with Crippen LogP contribution in [-0.2, 0) is 6.42 Å². The number of aliphatic hydroxyl groups excluding tert-OH is 1. The average Bonchev–Trinajstić information content (AvgIpc) is 2.57. The van der Waals surface area contributed by atoms with Crippen LogP contribution in [-0.4, -0.2) is 21.5 Å². The van der Waals surface area contributed by atoms with Crippen LogP contribution < -0.4 is 0 Å². The average molecular weight is 299 g/mol. The van der Waals surface area contributed by atoms with Crippen LogP contribution in [0.2, 0.25) is 0 Å². The number of nitrogens with zero attached hydrogens (tertiary/aromatic N) is 2. The zero-order chi connectivity index (χ0) is 12.4. The van der Waals surface area contributed by atoms with Crippen LogP contribution in [0.15, 0.2) is 28.9 Å². The molecule has 0 aliphatic heterocycles. The van der Waals surface area contributed by atoms with Crippen LogP contribution in [0.5, 0.6) is 0 Å². The maximum Gasteiger partial charge on any atom is 0.125 e. The minimum Gasteiger partial charge on any atom is -0.396 e. The predicted molar refractivity (Wildman–Crippen MR) is 66.7 cm³/mol. The third-order valence-corrected chi connectivity index (χ3v) is 3.35. The van der Waals surface area contributed by atoms with Crippen LogP contribution in [0.3, 0.4) is 0 Å². The number of aromatic nitrogens is 2. The summed E-state index contributed by atoms with van der Waals surface area (Å²) in [6.45, 7) is 1.93. The van der Waals surface area contributed by atoms with Crippen molar-refractivity contribution in [3.63, 3.8) is 0 Å². The van der Waals surface area contributed by atoms with Crippen molar-refractivity contribution in [3.05, 3.63) is 45.9 Å². The Labute approximate surface area is 107 Å². The Hall–Kier alpha value is -1.20. The molecule has 0 radical (unpaired) electrons. The van der Waals surface area contributed by atoms with Gasteiger partial charge >= 0.3 is 0 Å². The highest BCUT2D eigenvalue weighted by Gasteiger charge is 2.13. The fraction of sp³-hybridized carbons (Fsp3) is 0.250. The molecule has 90 valence electrons. The largest absolute Gasteiger partial charge is 0.396 e. The molecule has 0 spiro atoms. The van der Waals surface area contributed by atoms with Gasteiger partial charge in [0.25, 0.3) is 0 Å². The lowest BCUT2D eigenvalue weighted by Gasteiger charge is -2.03. The molecule has 0 amide bonds. The second-order valence-corrected chi connectivity index (χ2v) is 4.47. The van der Waals surface area contributed by atoms with Crippen LogP contribution in [0.1, 0.15) is 11.3 Å². The van der Waals surface area contributed by atoms with Crippen LogP contribution in [0.25, 0.3) is 5.69 Å². The molecule has 0 fully saturated rings. The first-order chi connectivity index (χ1) is 8.13. The number of benzene rings is 1. The summed E-state index contributed by atoms with van der Waals surface area (Å²) in [6, 6.07) is 6.23. The van der Waals surface area contributed by atoms with E-state index in [-0.39, 0.29) is 12.4 Å². The summed E-state index contributed by atoms with van der Waals surface area (Å²) in [7, 11) is 0. The lowest BCUT2D eigenvalue weighted by molar-refractivity contribution is 0.299. The Kier molecular flexibility index (Phi) is 3.59. The molecule has 2 aromatic rings. The first-order valence-electron chi connectivity index (χ1n) is 5.24. The molecule has 1 aromatic carbocycles. The minimum absolute atomic E-state index is 0.0638. The van der Waals surface area contributed by atoms with Crippen molar-refractivity contribution in [2.24, 2.45) is 0 Å². The maximum atomic E-state index is 13.1. The molecule has 1 heterocycles. The second kappa shape index (κ2) is 4.98. The van der Waals surface area contributed by atoms with Crippen molar-refractivity contribution in [2.75, 3.05) is 6.61 Å². The molecule has 0 aliphatic carbocycles. The Morgan fingerprint density at radius 1 is 1.47 bits per heavy atom. The normalized spacial score (nSPS) is 10.8. The number of hydrogen-bond donors (Lipinski definition) is 1. The van der Waals surface area contributed by atoms with Gasteiger partial charge in [0, 0.05) is 18.6 Å². The molecule has 17 heavy (non-hydrogen) atoms. The van der Waals surface area contributed by atoms with E-state index in [4.69, 9.17) is 5.11 Å². The third-order valence-electron chi connectivity index (χ3n) is 2.54. The lowest BCUT2D eigenvalue weighted by Crippen LogP contribution is -1.98. The van der Waals surface area contributed by atoms with E-state index in [1.807, 2.05) is 6.92 Å². The summed E-state index contributed by atoms with van der Waals surface area (Å²) in [5.41, 5.74) is 2.43. The van der Waals surface area contributed by atoms with E-state index >= 15 is 0 Å². The standard InChI is InChI=1S/C12H12BrFN2O/c1-8-11(5-6-17)12(13)16(15-8)10-4-2-3-9(14)7-10/h2-4,7,17H,5-6H2,1H3. The number of hydrogen-bond acceptors (Lipinski definition) is 2. The van der Waals surface area contributed by atoms with Gasteiger partial charge in [0.15, 0.2) is 0 Å². The van der Waals surface area contributed by atoms with Gasteiger partial charge in [-0.05, 0) is 41.1 Å². The highest BCUT2D eigenvalue weighted by Crippen LogP contribution is 2.24. The van der Waals surface area contributed by atoms with E-state index < -0.39 is 0 Å². The van der Waals surface area contributed by atoms with Gasteiger partial charge in [-0.2, -0.15) is 5.10 Å². The Balaban J connectivity index is 2.50. The number of aryl methyl sites for hydroxylation is 1. The van der Waals surface area contributed by atoms with E-state index in [2.05, 4.69) is 21.0 Å². The topological polar surface area (TPSA) is 38.0 Å². The summed E-state index contributed by atoms with van der Waals surface area (Å²) < 4.78 is 15.5. The number of aliphatic hydroxyl groups is 1. The fourth-order valence-corrected chi connectivity index (χ4v) is 2.48.